The first kappa shape index (κ1) is 12.7. The molecule has 1 aromatic carbocycles. The fourth-order valence-corrected chi connectivity index (χ4v) is 1.58. The Bertz CT molecular complexity index is 521. The van der Waals surface area contributed by atoms with Gasteiger partial charge in [0.05, 0.1) is 6.10 Å². The normalized spacial score (nSPS) is 12.2. The quantitative estimate of drug-likeness (QED) is 0.836. The molecule has 2 N–H and O–H groups in total. The average Bonchev–Trinajstić information content (AvgIpc) is 2.37. The minimum Gasteiger partial charge on any atom is -0.387 e. The van der Waals surface area contributed by atoms with Crippen LogP contribution < -0.4 is 5.32 Å². The molecule has 0 aliphatic carbocycles. The molecular formula is C12H11ClFN3O. The molecule has 0 spiro atoms. The number of nitrogens with zero attached hydrogens (tertiary/aromatic N) is 2. The molecule has 1 heterocycles. The van der Waals surface area contributed by atoms with Crippen molar-refractivity contribution in [3.05, 3.63) is 53.2 Å². The van der Waals surface area contributed by atoms with Crippen molar-refractivity contribution in [2.24, 2.45) is 0 Å². The van der Waals surface area contributed by atoms with Gasteiger partial charge in [-0.1, -0.05) is 23.7 Å². The van der Waals surface area contributed by atoms with Crippen molar-refractivity contribution in [3.8, 4) is 0 Å². The average molecular weight is 268 g/mol. The number of hydrogen-bond donors (Lipinski definition) is 2. The van der Waals surface area contributed by atoms with E-state index in [1.54, 1.807) is 6.07 Å². The number of aromatic nitrogens is 2. The lowest BCUT2D eigenvalue weighted by Crippen LogP contribution is -2.13. The van der Waals surface area contributed by atoms with Crippen molar-refractivity contribution in [1.82, 2.24) is 9.97 Å². The highest BCUT2D eigenvalue weighted by Crippen LogP contribution is 2.15. The SMILES string of the molecule is O[C@@H](CNc1cc(Cl)ncn1)c1ccc(F)cc1. The maximum absolute atomic E-state index is 12.7. The molecule has 0 fully saturated rings. The van der Waals surface area contributed by atoms with Gasteiger partial charge < -0.3 is 10.4 Å². The van der Waals surface area contributed by atoms with Crippen LogP contribution in [0.25, 0.3) is 0 Å². The monoisotopic (exact) mass is 267 g/mol. The predicted molar refractivity (Wildman–Crippen MR) is 66.9 cm³/mol. The van der Waals surface area contributed by atoms with Crippen molar-refractivity contribution in [2.45, 2.75) is 6.10 Å². The van der Waals surface area contributed by atoms with E-state index in [2.05, 4.69) is 15.3 Å². The van der Waals surface area contributed by atoms with Gasteiger partial charge in [-0.05, 0) is 17.7 Å². The third-order valence-electron chi connectivity index (χ3n) is 2.37. The van der Waals surface area contributed by atoms with E-state index in [0.717, 1.165) is 0 Å². The van der Waals surface area contributed by atoms with Gasteiger partial charge in [-0.3, -0.25) is 0 Å². The second kappa shape index (κ2) is 5.75. The van der Waals surface area contributed by atoms with Crippen molar-refractivity contribution >= 4 is 17.4 Å². The van der Waals surface area contributed by atoms with Crippen molar-refractivity contribution in [3.63, 3.8) is 0 Å². The minimum absolute atomic E-state index is 0.249. The highest BCUT2D eigenvalue weighted by atomic mass is 35.5. The molecule has 6 heteroatoms. The van der Waals surface area contributed by atoms with Crippen LogP contribution >= 0.6 is 11.6 Å². The fraction of sp³-hybridized carbons (Fsp3) is 0.167. The molecule has 0 aliphatic heterocycles. The lowest BCUT2D eigenvalue weighted by Gasteiger charge is -2.12. The Morgan fingerprint density at radius 3 is 2.67 bits per heavy atom. The number of hydrogen-bond acceptors (Lipinski definition) is 4. The van der Waals surface area contributed by atoms with Crippen LogP contribution in [0.15, 0.2) is 36.7 Å². The summed E-state index contributed by atoms with van der Waals surface area (Å²) >= 11 is 5.70. The van der Waals surface area contributed by atoms with Gasteiger partial charge in [0.1, 0.15) is 23.1 Å². The number of aliphatic hydroxyl groups is 1. The van der Waals surface area contributed by atoms with E-state index in [0.29, 0.717) is 16.5 Å². The summed E-state index contributed by atoms with van der Waals surface area (Å²) in [7, 11) is 0. The summed E-state index contributed by atoms with van der Waals surface area (Å²) in [4.78, 5) is 7.69. The van der Waals surface area contributed by atoms with Gasteiger partial charge in [0.25, 0.3) is 0 Å². The van der Waals surface area contributed by atoms with E-state index in [-0.39, 0.29) is 12.4 Å². The fourth-order valence-electron chi connectivity index (χ4n) is 1.43. The molecule has 0 aliphatic rings. The topological polar surface area (TPSA) is 58.0 Å². The van der Waals surface area contributed by atoms with Crippen LogP contribution in [-0.2, 0) is 0 Å². The lowest BCUT2D eigenvalue weighted by atomic mass is 10.1. The maximum Gasteiger partial charge on any atom is 0.134 e. The molecule has 1 aromatic heterocycles. The van der Waals surface area contributed by atoms with Gasteiger partial charge in [-0.15, -0.1) is 0 Å². The third-order valence-corrected chi connectivity index (χ3v) is 2.57. The Balaban J connectivity index is 1.96. The van der Waals surface area contributed by atoms with Crippen LogP contribution in [0.5, 0.6) is 0 Å². The first-order valence-corrected chi connectivity index (χ1v) is 5.68. The van der Waals surface area contributed by atoms with Gasteiger partial charge in [0.2, 0.25) is 0 Å². The summed E-state index contributed by atoms with van der Waals surface area (Å²) in [6.07, 6.45) is 0.578. The standard InChI is InChI=1S/C12H11ClFN3O/c13-11-5-12(17-7-16-11)15-6-10(18)8-1-3-9(14)4-2-8/h1-5,7,10,18H,6H2,(H,15,16,17)/t10-/m0/s1. The van der Waals surface area contributed by atoms with Crippen LogP contribution in [0.1, 0.15) is 11.7 Å². The molecule has 4 nitrogen and oxygen atoms in total. The zero-order valence-corrected chi connectivity index (χ0v) is 10.1. The number of benzene rings is 1. The van der Waals surface area contributed by atoms with Crippen LogP contribution in [0.3, 0.4) is 0 Å². The molecule has 1 atom stereocenters. The Hall–Kier alpha value is -1.72. The summed E-state index contributed by atoms with van der Waals surface area (Å²) in [6, 6.07) is 7.24. The second-order valence-electron chi connectivity index (χ2n) is 3.67. The molecule has 94 valence electrons. The van der Waals surface area contributed by atoms with Crippen LogP contribution in [0, 0.1) is 5.82 Å². The van der Waals surface area contributed by atoms with Gasteiger partial charge in [0.15, 0.2) is 0 Å². The van der Waals surface area contributed by atoms with Gasteiger partial charge in [0, 0.05) is 12.6 Å². The molecular weight excluding hydrogens is 257 g/mol. The maximum atomic E-state index is 12.7. The molecule has 0 bridgehead atoms. The van der Waals surface area contributed by atoms with Crippen LogP contribution in [0.4, 0.5) is 10.2 Å². The van der Waals surface area contributed by atoms with Gasteiger partial charge in [-0.25, -0.2) is 14.4 Å². The summed E-state index contributed by atoms with van der Waals surface area (Å²) in [6.45, 7) is 0.249. The van der Waals surface area contributed by atoms with E-state index in [9.17, 15) is 9.50 Å². The Morgan fingerprint density at radius 2 is 2.00 bits per heavy atom. The van der Waals surface area contributed by atoms with Crippen LogP contribution in [-0.4, -0.2) is 21.6 Å². The first-order chi connectivity index (χ1) is 8.65. The Morgan fingerprint density at radius 1 is 1.28 bits per heavy atom. The molecule has 2 aromatic rings. The summed E-state index contributed by atoms with van der Waals surface area (Å²) in [5.74, 6) is 0.192. The molecule has 2 rings (SSSR count). The molecule has 0 saturated heterocycles. The zero-order chi connectivity index (χ0) is 13.0. The number of anilines is 1. The molecule has 0 unspecified atom stereocenters. The highest BCUT2D eigenvalue weighted by Gasteiger charge is 2.07. The van der Waals surface area contributed by atoms with Crippen LogP contribution in [0.2, 0.25) is 5.15 Å². The number of rotatable bonds is 4. The van der Waals surface area contributed by atoms with Gasteiger partial charge >= 0.3 is 0 Å². The van der Waals surface area contributed by atoms with E-state index in [1.165, 1.54) is 30.6 Å². The molecule has 0 radical (unpaired) electrons. The first-order valence-electron chi connectivity index (χ1n) is 5.30. The molecule has 0 saturated carbocycles. The third kappa shape index (κ3) is 3.38. The van der Waals surface area contributed by atoms with Crippen molar-refractivity contribution in [2.75, 3.05) is 11.9 Å². The summed E-state index contributed by atoms with van der Waals surface area (Å²) in [5.41, 5.74) is 0.629. The van der Waals surface area contributed by atoms with Crippen molar-refractivity contribution < 1.29 is 9.50 Å². The zero-order valence-electron chi connectivity index (χ0n) is 9.35. The molecule has 0 amide bonds. The minimum atomic E-state index is -0.751. The summed E-state index contributed by atoms with van der Waals surface area (Å²) < 4.78 is 12.7. The van der Waals surface area contributed by atoms with E-state index in [1.807, 2.05) is 0 Å². The van der Waals surface area contributed by atoms with E-state index in [4.69, 9.17) is 11.6 Å². The Kier molecular flexibility index (Phi) is 4.07. The van der Waals surface area contributed by atoms with Crippen molar-refractivity contribution in [1.29, 1.82) is 0 Å². The second-order valence-corrected chi connectivity index (χ2v) is 4.06. The van der Waals surface area contributed by atoms with Gasteiger partial charge in [-0.2, -0.15) is 0 Å². The molecule has 18 heavy (non-hydrogen) atoms. The number of halogens is 2. The number of aliphatic hydroxyl groups excluding tert-OH is 1. The lowest BCUT2D eigenvalue weighted by molar-refractivity contribution is 0.191. The smallest absolute Gasteiger partial charge is 0.134 e. The van der Waals surface area contributed by atoms with E-state index < -0.39 is 6.10 Å². The van der Waals surface area contributed by atoms with E-state index >= 15 is 0 Å². The summed E-state index contributed by atoms with van der Waals surface area (Å²) in [5, 5.41) is 13.1. The Labute approximate surface area is 108 Å². The highest BCUT2D eigenvalue weighted by molar-refractivity contribution is 6.29. The predicted octanol–water partition coefficient (Wildman–Crippen LogP) is 2.41. The number of nitrogens with one attached hydrogen (secondary N) is 1. The largest absolute Gasteiger partial charge is 0.387 e.